The quantitative estimate of drug-likeness (QED) is 0.567. The van der Waals surface area contributed by atoms with Crippen LogP contribution in [0.5, 0.6) is 0 Å². The fourth-order valence-electron chi connectivity index (χ4n) is 1.43. The molecule has 0 aromatic carbocycles. The van der Waals surface area contributed by atoms with Crippen LogP contribution in [0.25, 0.3) is 0 Å². The Morgan fingerprint density at radius 2 is 1.92 bits per heavy atom. The molecule has 0 amide bonds. The average molecular weight is 193 g/mol. The maximum Gasteiger partial charge on any atom is 0.150 e. The normalized spacial score (nSPS) is 35.8. The number of aliphatic hydroxyl groups excluding tert-OH is 1. The fraction of sp³-hybridized carbons (Fsp3) is 1.00. The Kier molecular flexibility index (Phi) is 3.09. The molecule has 0 saturated carbocycles. The first-order chi connectivity index (χ1) is 5.55. The molecule has 1 heterocycles. The molecule has 0 spiro atoms. The van der Waals surface area contributed by atoms with E-state index in [1.165, 1.54) is 0 Å². The van der Waals surface area contributed by atoms with E-state index in [2.05, 4.69) is 0 Å². The topological polar surface area (TPSA) is 80.4 Å². The molecule has 4 nitrogen and oxygen atoms in total. The van der Waals surface area contributed by atoms with Crippen LogP contribution in [0.2, 0.25) is 0 Å². The Bertz CT molecular complexity index is 237. The zero-order chi connectivity index (χ0) is 9.19. The van der Waals surface area contributed by atoms with E-state index in [9.17, 15) is 8.42 Å². The van der Waals surface area contributed by atoms with Crippen LogP contribution in [0.1, 0.15) is 12.8 Å². The van der Waals surface area contributed by atoms with Crippen LogP contribution >= 0.6 is 0 Å². The summed E-state index contributed by atoms with van der Waals surface area (Å²) < 4.78 is 22.3. The highest BCUT2D eigenvalue weighted by Crippen LogP contribution is 2.17. The Morgan fingerprint density at radius 1 is 1.33 bits per heavy atom. The number of sulfone groups is 1. The summed E-state index contributed by atoms with van der Waals surface area (Å²) in [5, 5.41) is 8.88. The van der Waals surface area contributed by atoms with E-state index in [0.29, 0.717) is 12.8 Å². The molecule has 1 rings (SSSR count). The van der Waals surface area contributed by atoms with Crippen LogP contribution in [-0.2, 0) is 9.84 Å². The van der Waals surface area contributed by atoms with Gasteiger partial charge in [-0.05, 0) is 18.8 Å². The minimum Gasteiger partial charge on any atom is -0.396 e. The molecule has 0 aliphatic carbocycles. The monoisotopic (exact) mass is 193 g/mol. The zero-order valence-corrected chi connectivity index (χ0v) is 7.76. The lowest BCUT2D eigenvalue weighted by molar-refractivity contribution is 0.201. The van der Waals surface area contributed by atoms with Crippen molar-refractivity contribution in [3.05, 3.63) is 0 Å². The average Bonchev–Trinajstić information content (AvgIpc) is 2.13. The van der Waals surface area contributed by atoms with Gasteiger partial charge < -0.3 is 10.8 Å². The standard InChI is InChI=1S/C7H15NO3S/c8-7-2-4-12(10,11)3-1-6(7)5-9/h6-7,9H,1-5,8H2/t6-,7-/m1/s1. The molecule has 1 aliphatic heterocycles. The van der Waals surface area contributed by atoms with Gasteiger partial charge in [0, 0.05) is 12.6 Å². The summed E-state index contributed by atoms with van der Waals surface area (Å²) in [5.41, 5.74) is 5.69. The van der Waals surface area contributed by atoms with Gasteiger partial charge in [-0.2, -0.15) is 0 Å². The van der Waals surface area contributed by atoms with Gasteiger partial charge >= 0.3 is 0 Å². The third-order valence-electron chi connectivity index (χ3n) is 2.40. The predicted molar refractivity (Wildman–Crippen MR) is 46.4 cm³/mol. The lowest BCUT2D eigenvalue weighted by Gasteiger charge is -2.16. The highest BCUT2D eigenvalue weighted by Gasteiger charge is 2.25. The molecule has 0 aromatic rings. The second-order valence-corrected chi connectivity index (χ2v) is 5.64. The largest absolute Gasteiger partial charge is 0.396 e. The Labute approximate surface area is 72.7 Å². The molecule has 72 valence electrons. The van der Waals surface area contributed by atoms with Crippen LogP contribution in [0.15, 0.2) is 0 Å². The van der Waals surface area contributed by atoms with E-state index in [1.807, 2.05) is 0 Å². The minimum absolute atomic E-state index is 0.00329. The van der Waals surface area contributed by atoms with Crippen molar-refractivity contribution in [2.24, 2.45) is 11.7 Å². The SMILES string of the molecule is N[C@@H]1CCS(=O)(=O)CC[C@@H]1CO. The van der Waals surface area contributed by atoms with Crippen molar-refractivity contribution in [2.75, 3.05) is 18.1 Å². The van der Waals surface area contributed by atoms with Crippen molar-refractivity contribution >= 4 is 9.84 Å². The molecule has 0 aromatic heterocycles. The number of rotatable bonds is 1. The summed E-state index contributed by atoms with van der Waals surface area (Å²) in [4.78, 5) is 0. The van der Waals surface area contributed by atoms with E-state index in [0.717, 1.165) is 0 Å². The summed E-state index contributed by atoms with van der Waals surface area (Å²) >= 11 is 0. The van der Waals surface area contributed by atoms with Gasteiger partial charge in [0.15, 0.2) is 0 Å². The van der Waals surface area contributed by atoms with Crippen molar-refractivity contribution in [1.29, 1.82) is 0 Å². The summed E-state index contributed by atoms with van der Waals surface area (Å²) in [6.45, 7) is -0.00329. The van der Waals surface area contributed by atoms with Crippen molar-refractivity contribution in [1.82, 2.24) is 0 Å². The number of hydrogen-bond acceptors (Lipinski definition) is 4. The number of hydrogen-bond donors (Lipinski definition) is 2. The Balaban J connectivity index is 2.65. The third-order valence-corrected chi connectivity index (χ3v) is 4.12. The molecule has 1 saturated heterocycles. The molecular weight excluding hydrogens is 178 g/mol. The molecule has 0 bridgehead atoms. The molecule has 0 unspecified atom stereocenters. The molecule has 1 fully saturated rings. The third kappa shape index (κ3) is 2.43. The molecular formula is C7H15NO3S. The maximum absolute atomic E-state index is 11.1. The zero-order valence-electron chi connectivity index (χ0n) is 6.94. The van der Waals surface area contributed by atoms with Crippen molar-refractivity contribution in [2.45, 2.75) is 18.9 Å². The van der Waals surface area contributed by atoms with Crippen LogP contribution < -0.4 is 5.73 Å². The van der Waals surface area contributed by atoms with Gasteiger partial charge in [-0.15, -0.1) is 0 Å². The first kappa shape index (κ1) is 9.95. The first-order valence-corrected chi connectivity index (χ1v) is 5.94. The van der Waals surface area contributed by atoms with Crippen molar-refractivity contribution in [3.8, 4) is 0 Å². The first-order valence-electron chi connectivity index (χ1n) is 4.12. The van der Waals surface area contributed by atoms with E-state index in [4.69, 9.17) is 10.8 Å². The van der Waals surface area contributed by atoms with E-state index in [1.54, 1.807) is 0 Å². The number of nitrogens with two attached hydrogens (primary N) is 1. The van der Waals surface area contributed by atoms with Gasteiger partial charge in [0.25, 0.3) is 0 Å². The Hall–Kier alpha value is -0.130. The minimum atomic E-state index is -2.89. The molecule has 3 N–H and O–H groups in total. The fourth-order valence-corrected chi connectivity index (χ4v) is 2.92. The smallest absolute Gasteiger partial charge is 0.150 e. The summed E-state index contributed by atoms with van der Waals surface area (Å²) in [7, 11) is -2.89. The molecule has 2 atom stereocenters. The van der Waals surface area contributed by atoms with Gasteiger partial charge in [0.2, 0.25) is 0 Å². The second kappa shape index (κ2) is 3.72. The van der Waals surface area contributed by atoms with Gasteiger partial charge in [-0.3, -0.25) is 0 Å². The van der Waals surface area contributed by atoms with E-state index in [-0.39, 0.29) is 30.1 Å². The summed E-state index contributed by atoms with van der Waals surface area (Å²) in [6.07, 6.45) is 0.980. The van der Waals surface area contributed by atoms with Gasteiger partial charge in [0.05, 0.1) is 11.5 Å². The Morgan fingerprint density at radius 3 is 2.50 bits per heavy atom. The highest BCUT2D eigenvalue weighted by molar-refractivity contribution is 7.91. The molecule has 12 heavy (non-hydrogen) atoms. The molecule has 5 heteroatoms. The van der Waals surface area contributed by atoms with Crippen molar-refractivity contribution in [3.63, 3.8) is 0 Å². The molecule has 0 radical (unpaired) electrons. The highest BCUT2D eigenvalue weighted by atomic mass is 32.2. The maximum atomic E-state index is 11.1. The van der Waals surface area contributed by atoms with E-state index < -0.39 is 9.84 Å². The van der Waals surface area contributed by atoms with Crippen LogP contribution in [-0.4, -0.2) is 37.7 Å². The second-order valence-electron chi connectivity index (χ2n) is 3.34. The van der Waals surface area contributed by atoms with Crippen molar-refractivity contribution < 1.29 is 13.5 Å². The summed E-state index contributed by atoms with van der Waals surface area (Å²) in [5.74, 6) is 0.304. The lowest BCUT2D eigenvalue weighted by Crippen LogP contribution is -2.32. The van der Waals surface area contributed by atoms with Gasteiger partial charge in [-0.25, -0.2) is 8.42 Å². The predicted octanol–water partition coefficient (Wildman–Crippen LogP) is -0.869. The molecule has 1 aliphatic rings. The lowest BCUT2D eigenvalue weighted by atomic mass is 9.97. The van der Waals surface area contributed by atoms with Gasteiger partial charge in [-0.1, -0.05) is 0 Å². The number of aliphatic hydroxyl groups is 1. The van der Waals surface area contributed by atoms with E-state index >= 15 is 0 Å². The van der Waals surface area contributed by atoms with Crippen LogP contribution in [0.3, 0.4) is 0 Å². The summed E-state index contributed by atoms with van der Waals surface area (Å²) in [6, 6.07) is -0.160. The van der Waals surface area contributed by atoms with Gasteiger partial charge in [0.1, 0.15) is 9.84 Å². The van der Waals surface area contributed by atoms with Crippen LogP contribution in [0, 0.1) is 5.92 Å². The van der Waals surface area contributed by atoms with Crippen LogP contribution in [0.4, 0.5) is 0 Å².